The van der Waals surface area contributed by atoms with E-state index in [2.05, 4.69) is 10.3 Å². The van der Waals surface area contributed by atoms with Crippen LogP contribution in [0.2, 0.25) is 0 Å². The van der Waals surface area contributed by atoms with Gasteiger partial charge in [0.1, 0.15) is 6.17 Å². The van der Waals surface area contributed by atoms with Crippen LogP contribution in [0.25, 0.3) is 5.69 Å². The van der Waals surface area contributed by atoms with Crippen LogP contribution in [-0.2, 0) is 4.79 Å². The normalized spacial score (nSPS) is 16.1. The molecular formula is C19H17N5O2. The Kier molecular flexibility index (Phi) is 3.89. The lowest BCUT2D eigenvalue weighted by Gasteiger charge is -2.38. The molecule has 3 aromatic rings. The second-order valence-electron chi connectivity index (χ2n) is 6.05. The van der Waals surface area contributed by atoms with Crippen molar-refractivity contribution in [3.05, 3.63) is 78.4 Å². The van der Waals surface area contributed by atoms with Gasteiger partial charge in [-0.15, -0.1) is 0 Å². The van der Waals surface area contributed by atoms with E-state index in [1.807, 2.05) is 52.1 Å². The Balaban J connectivity index is 1.72. The molecule has 2 heterocycles. The van der Waals surface area contributed by atoms with E-state index >= 15 is 0 Å². The molecule has 4 rings (SSSR count). The van der Waals surface area contributed by atoms with Crippen LogP contribution in [0.1, 0.15) is 22.1 Å². The molecule has 1 aliphatic heterocycles. The first-order chi connectivity index (χ1) is 12.6. The SMILES string of the molecule is NC(=O)CN1c2ccccc2C(=O)N[C@H]1c1ccc(-n2ccnc2)cc1. The summed E-state index contributed by atoms with van der Waals surface area (Å²) in [7, 11) is 0. The van der Waals surface area contributed by atoms with Crippen molar-refractivity contribution in [2.45, 2.75) is 6.17 Å². The highest BCUT2D eigenvalue weighted by Gasteiger charge is 2.32. The highest BCUT2D eigenvalue weighted by atomic mass is 16.2. The second-order valence-corrected chi connectivity index (χ2v) is 6.05. The first kappa shape index (κ1) is 15.9. The van der Waals surface area contributed by atoms with Gasteiger partial charge in [-0.25, -0.2) is 4.98 Å². The Hall–Kier alpha value is -3.61. The summed E-state index contributed by atoms with van der Waals surface area (Å²) in [5, 5.41) is 2.96. The standard InChI is InChI=1S/C19H17N5O2/c20-17(25)11-24-16-4-2-1-3-15(16)19(26)22-18(24)13-5-7-14(8-6-13)23-10-9-21-12-23/h1-10,12,18H,11H2,(H2,20,25)(H,22,26)/t18-/m1/s1. The molecule has 1 aromatic heterocycles. The maximum Gasteiger partial charge on any atom is 0.255 e. The van der Waals surface area contributed by atoms with Crippen molar-refractivity contribution in [2.24, 2.45) is 5.73 Å². The van der Waals surface area contributed by atoms with Crippen LogP contribution < -0.4 is 16.0 Å². The molecule has 1 atom stereocenters. The molecular weight excluding hydrogens is 330 g/mol. The predicted octanol–water partition coefficient (Wildman–Crippen LogP) is 1.61. The zero-order valence-corrected chi connectivity index (χ0v) is 13.9. The van der Waals surface area contributed by atoms with Gasteiger partial charge in [-0.05, 0) is 29.8 Å². The quantitative estimate of drug-likeness (QED) is 0.750. The lowest BCUT2D eigenvalue weighted by Crippen LogP contribution is -2.49. The van der Waals surface area contributed by atoms with Crippen molar-refractivity contribution >= 4 is 17.5 Å². The van der Waals surface area contributed by atoms with Crippen LogP contribution in [0.5, 0.6) is 0 Å². The van der Waals surface area contributed by atoms with Crippen LogP contribution in [0, 0.1) is 0 Å². The molecule has 3 N–H and O–H groups in total. The summed E-state index contributed by atoms with van der Waals surface area (Å²) in [6, 6.07) is 14.9. The monoisotopic (exact) mass is 347 g/mol. The second kappa shape index (κ2) is 6.36. The van der Waals surface area contributed by atoms with E-state index in [9.17, 15) is 9.59 Å². The molecule has 0 unspecified atom stereocenters. The van der Waals surface area contributed by atoms with Gasteiger partial charge in [-0.3, -0.25) is 9.59 Å². The molecule has 0 bridgehead atoms. The Morgan fingerprint density at radius 3 is 2.62 bits per heavy atom. The number of fused-ring (bicyclic) bond motifs is 1. The number of primary amides is 1. The molecule has 0 fully saturated rings. The maximum absolute atomic E-state index is 12.5. The van der Waals surface area contributed by atoms with Crippen LogP contribution in [-0.4, -0.2) is 27.9 Å². The Morgan fingerprint density at radius 1 is 1.15 bits per heavy atom. The van der Waals surface area contributed by atoms with Gasteiger partial charge in [0.15, 0.2) is 0 Å². The average Bonchev–Trinajstić information content (AvgIpc) is 3.19. The van der Waals surface area contributed by atoms with Crippen molar-refractivity contribution < 1.29 is 9.59 Å². The molecule has 7 nitrogen and oxygen atoms in total. The molecule has 0 aliphatic carbocycles. The topological polar surface area (TPSA) is 93.3 Å². The number of hydrogen-bond acceptors (Lipinski definition) is 4. The number of anilines is 1. The van der Waals surface area contributed by atoms with Crippen LogP contribution in [0.3, 0.4) is 0 Å². The van der Waals surface area contributed by atoms with E-state index in [0.29, 0.717) is 11.3 Å². The van der Waals surface area contributed by atoms with Crippen LogP contribution in [0.4, 0.5) is 5.69 Å². The van der Waals surface area contributed by atoms with Crippen molar-refractivity contribution in [2.75, 3.05) is 11.4 Å². The molecule has 1 aliphatic rings. The largest absolute Gasteiger partial charge is 0.368 e. The number of nitrogens with two attached hydrogens (primary N) is 1. The molecule has 0 spiro atoms. The van der Waals surface area contributed by atoms with Gasteiger partial charge in [-0.2, -0.15) is 0 Å². The molecule has 2 aromatic carbocycles. The first-order valence-electron chi connectivity index (χ1n) is 8.16. The minimum Gasteiger partial charge on any atom is -0.368 e. The van der Waals surface area contributed by atoms with Crippen molar-refractivity contribution in [3.63, 3.8) is 0 Å². The fourth-order valence-electron chi connectivity index (χ4n) is 3.18. The summed E-state index contributed by atoms with van der Waals surface area (Å²) < 4.78 is 1.89. The number of amides is 2. The Labute approximate surface area is 150 Å². The smallest absolute Gasteiger partial charge is 0.255 e. The third kappa shape index (κ3) is 2.79. The van der Waals surface area contributed by atoms with Crippen LogP contribution >= 0.6 is 0 Å². The van der Waals surface area contributed by atoms with Gasteiger partial charge in [0.25, 0.3) is 5.91 Å². The zero-order chi connectivity index (χ0) is 18.1. The van der Waals surface area contributed by atoms with Crippen molar-refractivity contribution in [1.29, 1.82) is 0 Å². The number of nitrogens with one attached hydrogen (secondary N) is 1. The molecule has 26 heavy (non-hydrogen) atoms. The molecule has 0 saturated carbocycles. The summed E-state index contributed by atoms with van der Waals surface area (Å²) in [6.45, 7) is 0.00519. The lowest BCUT2D eigenvalue weighted by atomic mass is 10.0. The van der Waals surface area contributed by atoms with E-state index < -0.39 is 12.1 Å². The summed E-state index contributed by atoms with van der Waals surface area (Å²) in [5.74, 6) is -0.638. The summed E-state index contributed by atoms with van der Waals surface area (Å²) >= 11 is 0. The van der Waals surface area contributed by atoms with E-state index in [1.54, 1.807) is 24.7 Å². The number of benzene rings is 2. The first-order valence-corrected chi connectivity index (χ1v) is 8.16. The van der Waals surface area contributed by atoms with E-state index in [0.717, 1.165) is 11.3 Å². The average molecular weight is 347 g/mol. The number of aromatic nitrogens is 2. The van der Waals surface area contributed by atoms with E-state index in [4.69, 9.17) is 5.73 Å². The van der Waals surface area contributed by atoms with Gasteiger partial charge in [0.05, 0.1) is 24.1 Å². The fourth-order valence-corrected chi connectivity index (χ4v) is 3.18. The number of hydrogen-bond donors (Lipinski definition) is 2. The van der Waals surface area contributed by atoms with E-state index in [1.165, 1.54) is 0 Å². The third-order valence-corrected chi connectivity index (χ3v) is 4.38. The van der Waals surface area contributed by atoms with E-state index in [-0.39, 0.29) is 12.5 Å². The molecule has 2 amide bonds. The molecule has 7 heteroatoms. The summed E-state index contributed by atoms with van der Waals surface area (Å²) in [5.41, 5.74) is 8.47. The minimum atomic E-state index is -0.471. The highest BCUT2D eigenvalue weighted by molar-refractivity contribution is 6.02. The van der Waals surface area contributed by atoms with Crippen molar-refractivity contribution in [1.82, 2.24) is 14.9 Å². The zero-order valence-electron chi connectivity index (χ0n) is 13.9. The number of carbonyl (C=O) groups is 2. The Bertz CT molecular complexity index is 950. The van der Waals surface area contributed by atoms with Gasteiger partial charge < -0.3 is 20.5 Å². The summed E-state index contributed by atoms with van der Waals surface area (Å²) in [6.07, 6.45) is 4.81. The molecule has 0 radical (unpaired) electrons. The van der Waals surface area contributed by atoms with Gasteiger partial charge in [-0.1, -0.05) is 24.3 Å². The van der Waals surface area contributed by atoms with Gasteiger partial charge >= 0.3 is 0 Å². The predicted molar refractivity (Wildman–Crippen MR) is 96.8 cm³/mol. The number of para-hydroxylation sites is 1. The maximum atomic E-state index is 12.5. The number of rotatable bonds is 4. The highest BCUT2D eigenvalue weighted by Crippen LogP contribution is 2.32. The molecule has 130 valence electrons. The number of imidazole rings is 1. The minimum absolute atomic E-state index is 0.00519. The number of nitrogens with zero attached hydrogens (tertiary/aromatic N) is 3. The van der Waals surface area contributed by atoms with Crippen LogP contribution in [0.15, 0.2) is 67.3 Å². The Morgan fingerprint density at radius 2 is 1.92 bits per heavy atom. The lowest BCUT2D eigenvalue weighted by molar-refractivity contribution is -0.116. The van der Waals surface area contributed by atoms with Gasteiger partial charge in [0, 0.05) is 18.1 Å². The van der Waals surface area contributed by atoms with Crippen molar-refractivity contribution in [3.8, 4) is 5.69 Å². The molecule has 0 saturated heterocycles. The van der Waals surface area contributed by atoms with Gasteiger partial charge in [0.2, 0.25) is 5.91 Å². The summed E-state index contributed by atoms with van der Waals surface area (Å²) in [4.78, 5) is 29.9. The number of carbonyl (C=O) groups excluding carboxylic acids is 2. The third-order valence-electron chi connectivity index (χ3n) is 4.38. The fraction of sp³-hybridized carbons (Fsp3) is 0.105.